The zero-order chi connectivity index (χ0) is 11.4. The van der Waals surface area contributed by atoms with Gasteiger partial charge in [-0.1, -0.05) is 15.9 Å². The SMILES string of the molecule is Brc1ccc(OC2(COSI)COC2)cc1. The fraction of sp³-hybridized carbons (Fsp3) is 0.400. The van der Waals surface area contributed by atoms with Gasteiger partial charge in [0, 0.05) is 25.7 Å². The second-order valence-electron chi connectivity index (χ2n) is 3.56. The van der Waals surface area contributed by atoms with Crippen molar-refractivity contribution in [2.45, 2.75) is 5.60 Å². The van der Waals surface area contributed by atoms with Crippen molar-refractivity contribution in [1.82, 2.24) is 0 Å². The van der Waals surface area contributed by atoms with E-state index in [-0.39, 0.29) is 5.60 Å². The third-order valence-corrected chi connectivity index (χ3v) is 3.74. The van der Waals surface area contributed by atoms with Crippen LogP contribution in [0, 0.1) is 0 Å². The van der Waals surface area contributed by atoms with Gasteiger partial charge in [0.15, 0.2) is 5.60 Å². The zero-order valence-electron chi connectivity index (χ0n) is 8.32. The van der Waals surface area contributed by atoms with Crippen molar-refractivity contribution in [2.24, 2.45) is 0 Å². The van der Waals surface area contributed by atoms with Crippen LogP contribution in [-0.2, 0) is 8.92 Å². The van der Waals surface area contributed by atoms with Crippen LogP contribution >= 0.6 is 46.3 Å². The van der Waals surface area contributed by atoms with Gasteiger partial charge in [-0.25, -0.2) is 0 Å². The summed E-state index contributed by atoms with van der Waals surface area (Å²) in [5.74, 6) is 0.841. The fourth-order valence-electron chi connectivity index (χ4n) is 1.38. The lowest BCUT2D eigenvalue weighted by Crippen LogP contribution is -2.57. The molecule has 88 valence electrons. The smallest absolute Gasteiger partial charge is 0.180 e. The fourth-order valence-corrected chi connectivity index (χ4v) is 2.29. The highest BCUT2D eigenvalue weighted by Gasteiger charge is 2.41. The molecule has 0 aliphatic carbocycles. The van der Waals surface area contributed by atoms with E-state index >= 15 is 0 Å². The predicted molar refractivity (Wildman–Crippen MR) is 75.9 cm³/mol. The van der Waals surface area contributed by atoms with E-state index in [9.17, 15) is 0 Å². The van der Waals surface area contributed by atoms with Crippen molar-refractivity contribution in [2.75, 3.05) is 19.8 Å². The molecule has 0 bridgehead atoms. The average molecular weight is 417 g/mol. The van der Waals surface area contributed by atoms with Gasteiger partial charge >= 0.3 is 0 Å². The van der Waals surface area contributed by atoms with Gasteiger partial charge in [-0.3, -0.25) is 0 Å². The van der Waals surface area contributed by atoms with E-state index in [1.165, 1.54) is 9.21 Å². The maximum Gasteiger partial charge on any atom is 0.180 e. The van der Waals surface area contributed by atoms with Crippen LogP contribution in [0.15, 0.2) is 28.7 Å². The Morgan fingerprint density at radius 1 is 1.38 bits per heavy atom. The van der Waals surface area contributed by atoms with E-state index < -0.39 is 0 Å². The van der Waals surface area contributed by atoms with Crippen molar-refractivity contribution >= 4 is 46.3 Å². The number of halogens is 2. The Hall–Kier alpha value is 0.500. The number of hydrogen-bond acceptors (Lipinski definition) is 4. The van der Waals surface area contributed by atoms with Crippen LogP contribution < -0.4 is 4.74 Å². The maximum absolute atomic E-state index is 5.91. The Morgan fingerprint density at radius 2 is 2.06 bits per heavy atom. The summed E-state index contributed by atoms with van der Waals surface area (Å²) in [6.45, 7) is 1.71. The van der Waals surface area contributed by atoms with E-state index in [0.29, 0.717) is 19.8 Å². The number of ether oxygens (including phenoxy) is 2. The first-order chi connectivity index (χ1) is 7.74. The van der Waals surface area contributed by atoms with Crippen LogP contribution in [-0.4, -0.2) is 25.4 Å². The van der Waals surface area contributed by atoms with Crippen LogP contribution in [0.2, 0.25) is 0 Å². The minimum atomic E-state index is -0.313. The Bertz CT molecular complexity index is 342. The highest BCUT2D eigenvalue weighted by Crippen LogP contribution is 2.29. The summed E-state index contributed by atoms with van der Waals surface area (Å²) in [5.41, 5.74) is -0.313. The zero-order valence-corrected chi connectivity index (χ0v) is 12.9. The standard InChI is InChI=1S/C10H10BrIO3S/c11-8-1-3-9(4-2-8)15-10(5-13-6-10)7-14-16-12/h1-4H,5-7H2. The molecule has 1 aliphatic heterocycles. The predicted octanol–water partition coefficient (Wildman–Crippen LogP) is 3.61. The van der Waals surface area contributed by atoms with Crippen LogP contribution in [0.25, 0.3) is 0 Å². The molecule has 0 radical (unpaired) electrons. The van der Waals surface area contributed by atoms with Crippen LogP contribution in [0.4, 0.5) is 0 Å². The third-order valence-electron chi connectivity index (χ3n) is 2.24. The molecule has 6 heteroatoms. The van der Waals surface area contributed by atoms with Gasteiger partial charge in [-0.05, 0) is 24.3 Å². The molecule has 3 nitrogen and oxygen atoms in total. The number of benzene rings is 1. The lowest BCUT2D eigenvalue weighted by molar-refractivity contribution is -0.174. The maximum atomic E-state index is 5.91. The Balaban J connectivity index is 1.98. The molecular formula is C10H10BrIO3S. The summed E-state index contributed by atoms with van der Waals surface area (Å²) < 4.78 is 17.5. The minimum Gasteiger partial charge on any atom is -0.480 e. The van der Waals surface area contributed by atoms with Crippen LogP contribution in [0.5, 0.6) is 5.75 Å². The highest BCUT2D eigenvalue weighted by atomic mass is 127. The minimum absolute atomic E-state index is 0.313. The molecule has 1 aromatic rings. The molecule has 0 spiro atoms. The van der Waals surface area contributed by atoms with Gasteiger partial charge < -0.3 is 13.7 Å². The van der Waals surface area contributed by atoms with Crippen LogP contribution in [0.1, 0.15) is 0 Å². The number of rotatable bonds is 5. The highest BCUT2D eigenvalue weighted by molar-refractivity contribution is 14.2. The Kier molecular flexibility index (Phi) is 4.77. The molecule has 1 fully saturated rings. The van der Waals surface area contributed by atoms with Gasteiger partial charge in [0.1, 0.15) is 12.4 Å². The summed E-state index contributed by atoms with van der Waals surface area (Å²) in [6.07, 6.45) is 0. The normalized spacial score (nSPS) is 17.9. The molecule has 0 amide bonds. The topological polar surface area (TPSA) is 27.7 Å². The van der Waals surface area contributed by atoms with E-state index in [2.05, 4.69) is 37.1 Å². The van der Waals surface area contributed by atoms with Crippen molar-refractivity contribution in [3.8, 4) is 5.75 Å². The van der Waals surface area contributed by atoms with Crippen molar-refractivity contribution in [3.63, 3.8) is 0 Å². The lowest BCUT2D eigenvalue weighted by atomic mass is 10.0. The van der Waals surface area contributed by atoms with Crippen LogP contribution in [0.3, 0.4) is 0 Å². The molecule has 0 atom stereocenters. The molecule has 0 N–H and O–H groups in total. The summed E-state index contributed by atoms with van der Waals surface area (Å²) in [7, 11) is 1.32. The quantitative estimate of drug-likeness (QED) is 0.541. The summed E-state index contributed by atoms with van der Waals surface area (Å²) in [5, 5.41) is 0. The molecule has 0 unspecified atom stereocenters. The van der Waals surface area contributed by atoms with Gasteiger partial charge in [0.05, 0.1) is 22.4 Å². The van der Waals surface area contributed by atoms with Gasteiger partial charge in [-0.2, -0.15) is 0 Å². The summed E-state index contributed by atoms with van der Waals surface area (Å²) in [6, 6.07) is 7.77. The van der Waals surface area contributed by atoms with E-state index in [4.69, 9.17) is 13.7 Å². The van der Waals surface area contributed by atoms with Crippen molar-refractivity contribution in [1.29, 1.82) is 0 Å². The molecule has 1 aliphatic rings. The first-order valence-electron chi connectivity index (χ1n) is 4.67. The first kappa shape index (κ1) is 12.9. The van der Waals surface area contributed by atoms with Gasteiger partial charge in [0.25, 0.3) is 0 Å². The molecule has 1 saturated heterocycles. The molecule has 0 aromatic heterocycles. The molecule has 1 heterocycles. The molecule has 1 aromatic carbocycles. The molecule has 0 saturated carbocycles. The van der Waals surface area contributed by atoms with Gasteiger partial charge in [0.2, 0.25) is 0 Å². The second-order valence-corrected chi connectivity index (χ2v) is 5.91. The van der Waals surface area contributed by atoms with E-state index in [1.807, 2.05) is 24.3 Å². The summed E-state index contributed by atoms with van der Waals surface area (Å²) >= 11 is 5.48. The third kappa shape index (κ3) is 3.25. The Morgan fingerprint density at radius 3 is 2.56 bits per heavy atom. The summed E-state index contributed by atoms with van der Waals surface area (Å²) in [4.78, 5) is 0. The first-order valence-corrected chi connectivity index (χ1v) is 8.74. The Labute approximate surface area is 119 Å². The monoisotopic (exact) mass is 416 g/mol. The van der Waals surface area contributed by atoms with E-state index in [0.717, 1.165) is 10.2 Å². The second kappa shape index (κ2) is 5.90. The van der Waals surface area contributed by atoms with Crippen molar-refractivity contribution in [3.05, 3.63) is 28.7 Å². The van der Waals surface area contributed by atoms with Gasteiger partial charge in [-0.15, -0.1) is 0 Å². The van der Waals surface area contributed by atoms with E-state index in [1.54, 1.807) is 0 Å². The lowest BCUT2D eigenvalue weighted by Gasteiger charge is -2.40. The molecule has 2 rings (SSSR count). The average Bonchev–Trinajstić information content (AvgIpc) is 2.25. The molecule has 16 heavy (non-hydrogen) atoms. The number of hydrogen-bond donors (Lipinski definition) is 0. The largest absolute Gasteiger partial charge is 0.480 e. The molecular weight excluding hydrogens is 407 g/mol. The van der Waals surface area contributed by atoms with Crippen molar-refractivity contribution < 1.29 is 13.7 Å².